The average molecular weight is 262 g/mol. The number of aliphatic hydroxyl groups excluding tert-OH is 2. The number of aliphatic hydroxyl groups is 2. The molecule has 6 bridgehead atoms. The van der Waals surface area contributed by atoms with Crippen LogP contribution in [0.4, 0.5) is 0 Å². The summed E-state index contributed by atoms with van der Waals surface area (Å²) in [4.78, 5) is 0. The van der Waals surface area contributed by atoms with Gasteiger partial charge in [0.05, 0.1) is 6.61 Å². The van der Waals surface area contributed by atoms with Crippen molar-refractivity contribution in [1.82, 2.24) is 0 Å². The summed E-state index contributed by atoms with van der Waals surface area (Å²) in [5, 5.41) is 20.7. The molecule has 0 heterocycles. The molecule has 5 aliphatic rings. The lowest BCUT2D eigenvalue weighted by atomic mass is 9.45. The van der Waals surface area contributed by atoms with Gasteiger partial charge in [-0.3, -0.25) is 0 Å². The SMILES string of the molecule is OCC12CCCCC3C(C1)C1C4CCC3(C4)C12CO. The van der Waals surface area contributed by atoms with Crippen molar-refractivity contribution in [3.8, 4) is 0 Å². The van der Waals surface area contributed by atoms with Gasteiger partial charge in [0.25, 0.3) is 0 Å². The van der Waals surface area contributed by atoms with Crippen LogP contribution in [0.15, 0.2) is 0 Å². The summed E-state index contributed by atoms with van der Waals surface area (Å²) in [6.45, 7) is 0.698. The maximum atomic E-state index is 10.5. The first-order chi connectivity index (χ1) is 9.25. The van der Waals surface area contributed by atoms with Gasteiger partial charge in [0.2, 0.25) is 0 Å². The van der Waals surface area contributed by atoms with Crippen LogP contribution in [0.3, 0.4) is 0 Å². The van der Waals surface area contributed by atoms with Crippen molar-refractivity contribution in [2.24, 2.45) is 39.9 Å². The Balaban J connectivity index is 1.77. The Kier molecular flexibility index (Phi) is 1.96. The van der Waals surface area contributed by atoms with E-state index in [9.17, 15) is 10.2 Å². The van der Waals surface area contributed by atoms with Crippen LogP contribution in [-0.4, -0.2) is 23.4 Å². The van der Waals surface area contributed by atoms with Gasteiger partial charge in [0, 0.05) is 17.4 Å². The van der Waals surface area contributed by atoms with Crippen molar-refractivity contribution in [2.75, 3.05) is 13.2 Å². The van der Waals surface area contributed by atoms with E-state index in [1.807, 2.05) is 0 Å². The summed E-state index contributed by atoms with van der Waals surface area (Å²) >= 11 is 0. The van der Waals surface area contributed by atoms with E-state index in [-0.39, 0.29) is 10.8 Å². The maximum Gasteiger partial charge on any atom is 0.0501 e. The van der Waals surface area contributed by atoms with Crippen molar-refractivity contribution >= 4 is 0 Å². The van der Waals surface area contributed by atoms with Crippen molar-refractivity contribution in [3.63, 3.8) is 0 Å². The van der Waals surface area contributed by atoms with Gasteiger partial charge >= 0.3 is 0 Å². The first-order valence-electron chi connectivity index (χ1n) is 8.46. The third-order valence-electron chi connectivity index (χ3n) is 8.79. The van der Waals surface area contributed by atoms with Gasteiger partial charge in [-0.1, -0.05) is 12.8 Å². The lowest BCUT2D eigenvalue weighted by Gasteiger charge is -2.59. The molecule has 0 amide bonds. The summed E-state index contributed by atoms with van der Waals surface area (Å²) in [6.07, 6.45) is 10.6. The Hall–Kier alpha value is -0.0800. The normalized spacial score (nSPS) is 64.7. The summed E-state index contributed by atoms with van der Waals surface area (Å²) in [7, 11) is 0. The van der Waals surface area contributed by atoms with Crippen LogP contribution in [0.25, 0.3) is 0 Å². The molecule has 0 radical (unpaired) electrons. The molecule has 1 spiro atoms. The highest BCUT2D eigenvalue weighted by Gasteiger charge is 2.85. The smallest absolute Gasteiger partial charge is 0.0501 e. The first kappa shape index (κ1) is 11.6. The lowest BCUT2D eigenvalue weighted by Crippen LogP contribution is -2.57. The van der Waals surface area contributed by atoms with Crippen molar-refractivity contribution in [3.05, 3.63) is 0 Å². The highest BCUT2D eigenvalue weighted by molar-refractivity contribution is 5.33. The van der Waals surface area contributed by atoms with E-state index in [1.165, 1.54) is 51.4 Å². The fraction of sp³-hybridized carbons (Fsp3) is 1.00. The van der Waals surface area contributed by atoms with E-state index in [0.717, 1.165) is 23.7 Å². The predicted molar refractivity (Wildman–Crippen MR) is 72.4 cm³/mol. The third-order valence-corrected chi connectivity index (χ3v) is 8.79. The van der Waals surface area contributed by atoms with Crippen LogP contribution in [0.5, 0.6) is 0 Å². The zero-order valence-electron chi connectivity index (χ0n) is 11.8. The molecule has 5 fully saturated rings. The van der Waals surface area contributed by atoms with Gasteiger partial charge in [-0.15, -0.1) is 0 Å². The molecule has 19 heavy (non-hydrogen) atoms. The lowest BCUT2D eigenvalue weighted by molar-refractivity contribution is -0.158. The standard InChI is InChI=1S/C17H26O2/c18-9-15-5-2-1-3-13-12(8-15)14-11-4-6-16(13,7-11)17(14,15)10-19/h11-14,18-19H,1-10H2. The molecule has 2 nitrogen and oxygen atoms in total. The second-order valence-corrected chi connectivity index (χ2v) is 8.47. The van der Waals surface area contributed by atoms with E-state index in [2.05, 4.69) is 0 Å². The average Bonchev–Trinajstić information content (AvgIpc) is 3.05. The molecule has 0 aromatic rings. The Morgan fingerprint density at radius 1 is 0.947 bits per heavy atom. The minimum absolute atomic E-state index is 0.0865. The van der Waals surface area contributed by atoms with Gasteiger partial charge in [-0.05, 0) is 67.6 Å². The highest BCUT2D eigenvalue weighted by Crippen LogP contribution is 2.89. The zero-order chi connectivity index (χ0) is 12.9. The van der Waals surface area contributed by atoms with Crippen LogP contribution in [0.2, 0.25) is 0 Å². The maximum absolute atomic E-state index is 10.5. The van der Waals surface area contributed by atoms with E-state index >= 15 is 0 Å². The van der Waals surface area contributed by atoms with Crippen LogP contribution >= 0.6 is 0 Å². The second kappa shape index (κ2) is 3.22. The molecule has 0 aromatic heterocycles. The van der Waals surface area contributed by atoms with Crippen molar-refractivity contribution in [2.45, 2.75) is 51.4 Å². The van der Waals surface area contributed by atoms with E-state index in [0.29, 0.717) is 18.6 Å². The number of rotatable bonds is 2. The van der Waals surface area contributed by atoms with E-state index in [1.54, 1.807) is 0 Å². The van der Waals surface area contributed by atoms with Gasteiger partial charge in [0.1, 0.15) is 0 Å². The number of hydrogen-bond acceptors (Lipinski definition) is 2. The van der Waals surface area contributed by atoms with Crippen LogP contribution in [-0.2, 0) is 0 Å². The van der Waals surface area contributed by atoms with Crippen molar-refractivity contribution < 1.29 is 10.2 Å². The molecule has 5 aliphatic carbocycles. The zero-order valence-corrected chi connectivity index (χ0v) is 11.8. The number of hydrogen-bond donors (Lipinski definition) is 2. The highest BCUT2D eigenvalue weighted by atomic mass is 16.3. The van der Waals surface area contributed by atoms with Gasteiger partial charge < -0.3 is 10.2 Å². The van der Waals surface area contributed by atoms with Crippen LogP contribution < -0.4 is 0 Å². The topological polar surface area (TPSA) is 40.5 Å². The minimum Gasteiger partial charge on any atom is -0.396 e. The summed E-state index contributed by atoms with van der Waals surface area (Å²) in [6, 6.07) is 0. The van der Waals surface area contributed by atoms with Gasteiger partial charge in [-0.25, -0.2) is 0 Å². The van der Waals surface area contributed by atoms with Crippen molar-refractivity contribution in [1.29, 1.82) is 0 Å². The Labute approximate surface area is 115 Å². The molecule has 5 rings (SSSR count). The number of fused-ring (bicyclic) bond motifs is 2. The largest absolute Gasteiger partial charge is 0.396 e. The van der Waals surface area contributed by atoms with Crippen LogP contribution in [0.1, 0.15) is 51.4 Å². The quantitative estimate of drug-likeness (QED) is 0.803. The van der Waals surface area contributed by atoms with Crippen LogP contribution in [0, 0.1) is 39.9 Å². The molecule has 7 atom stereocenters. The molecule has 106 valence electrons. The molecule has 2 heteroatoms. The van der Waals surface area contributed by atoms with Gasteiger partial charge in [0.15, 0.2) is 0 Å². The predicted octanol–water partition coefficient (Wildman–Crippen LogP) is 2.58. The fourth-order valence-corrected chi connectivity index (χ4v) is 8.75. The molecule has 0 saturated heterocycles. The molecule has 7 unspecified atom stereocenters. The Bertz CT molecular complexity index is 435. The molecular formula is C17H26O2. The van der Waals surface area contributed by atoms with E-state index < -0.39 is 0 Å². The fourth-order valence-electron chi connectivity index (χ4n) is 8.75. The third kappa shape index (κ3) is 0.878. The summed E-state index contributed by atoms with van der Waals surface area (Å²) < 4.78 is 0. The molecule has 2 N–H and O–H groups in total. The summed E-state index contributed by atoms with van der Waals surface area (Å²) in [5.41, 5.74) is 0.639. The van der Waals surface area contributed by atoms with Gasteiger partial charge in [-0.2, -0.15) is 0 Å². The first-order valence-corrected chi connectivity index (χ1v) is 8.46. The molecular weight excluding hydrogens is 236 g/mol. The summed E-state index contributed by atoms with van der Waals surface area (Å²) in [5.74, 6) is 3.39. The molecule has 0 aliphatic heterocycles. The second-order valence-electron chi connectivity index (χ2n) is 8.47. The molecule has 0 aromatic carbocycles. The van der Waals surface area contributed by atoms with E-state index in [4.69, 9.17) is 0 Å². The Morgan fingerprint density at radius 2 is 1.84 bits per heavy atom. The monoisotopic (exact) mass is 262 g/mol. The minimum atomic E-state index is 0.0865. The Morgan fingerprint density at radius 3 is 2.63 bits per heavy atom. The molecule has 5 saturated carbocycles.